The minimum absolute atomic E-state index is 0.301. The average Bonchev–Trinajstić information content (AvgIpc) is 2.47. The van der Waals surface area contributed by atoms with Crippen LogP contribution in [-0.2, 0) is 19.1 Å². The van der Waals surface area contributed by atoms with Gasteiger partial charge < -0.3 is 9.47 Å². The summed E-state index contributed by atoms with van der Waals surface area (Å²) in [5.41, 5.74) is 3.35. The van der Waals surface area contributed by atoms with Crippen molar-refractivity contribution >= 4 is 11.9 Å². The number of carbonyl (C=O) groups excluding carboxylic acids is 2. The lowest BCUT2D eigenvalue weighted by atomic mass is 9.89. The van der Waals surface area contributed by atoms with Crippen molar-refractivity contribution in [1.29, 1.82) is 0 Å². The van der Waals surface area contributed by atoms with Gasteiger partial charge in [-0.1, -0.05) is 23.3 Å². The minimum Gasteiger partial charge on any atom is -0.463 e. The summed E-state index contributed by atoms with van der Waals surface area (Å²) in [4.78, 5) is 24.1. The van der Waals surface area contributed by atoms with Crippen LogP contribution in [0, 0.1) is 0 Å². The molecule has 0 spiro atoms. The first-order chi connectivity index (χ1) is 10.5. The minimum atomic E-state index is -0.412. The molecule has 0 saturated heterocycles. The van der Waals surface area contributed by atoms with Gasteiger partial charge in [0.05, 0.1) is 24.4 Å². The first-order valence-electron chi connectivity index (χ1n) is 7.87. The SMILES string of the molecule is CCOC(=O)C1=C(C(=O)OCC)CC(CCC=C(C)C)=CC1. The van der Waals surface area contributed by atoms with Crippen molar-refractivity contribution in [1.82, 2.24) is 0 Å². The van der Waals surface area contributed by atoms with Crippen molar-refractivity contribution in [2.45, 2.75) is 53.4 Å². The summed E-state index contributed by atoms with van der Waals surface area (Å²) in [6, 6.07) is 0. The molecule has 0 N–H and O–H groups in total. The second kappa shape index (κ2) is 9.23. The number of ether oxygens (including phenoxy) is 2. The lowest BCUT2D eigenvalue weighted by molar-refractivity contribution is -0.142. The van der Waals surface area contributed by atoms with Crippen LogP contribution in [0.1, 0.15) is 53.4 Å². The van der Waals surface area contributed by atoms with E-state index >= 15 is 0 Å². The molecule has 4 nitrogen and oxygen atoms in total. The van der Waals surface area contributed by atoms with E-state index in [1.165, 1.54) is 11.1 Å². The number of esters is 2. The van der Waals surface area contributed by atoms with Crippen LogP contribution in [0.25, 0.3) is 0 Å². The molecular weight excluding hydrogens is 280 g/mol. The second-order valence-electron chi connectivity index (χ2n) is 5.46. The fourth-order valence-electron chi connectivity index (χ4n) is 2.35. The molecule has 0 fully saturated rings. The van der Waals surface area contributed by atoms with E-state index in [0.717, 1.165) is 12.8 Å². The zero-order valence-corrected chi connectivity index (χ0v) is 14.0. The third-order valence-corrected chi connectivity index (χ3v) is 3.42. The quantitative estimate of drug-likeness (QED) is 0.529. The lowest BCUT2D eigenvalue weighted by Crippen LogP contribution is -2.19. The number of hydrogen-bond donors (Lipinski definition) is 0. The Morgan fingerprint density at radius 3 is 2.23 bits per heavy atom. The van der Waals surface area contributed by atoms with Crippen molar-refractivity contribution in [3.63, 3.8) is 0 Å². The van der Waals surface area contributed by atoms with E-state index in [2.05, 4.69) is 19.9 Å². The van der Waals surface area contributed by atoms with Crippen molar-refractivity contribution in [3.8, 4) is 0 Å². The van der Waals surface area contributed by atoms with Crippen LogP contribution in [0.4, 0.5) is 0 Å². The Hall–Kier alpha value is -1.84. The zero-order valence-electron chi connectivity index (χ0n) is 14.0. The molecule has 1 rings (SSSR count). The van der Waals surface area contributed by atoms with Gasteiger partial charge in [-0.3, -0.25) is 0 Å². The molecule has 0 radical (unpaired) electrons. The highest BCUT2D eigenvalue weighted by molar-refractivity contribution is 6.01. The van der Waals surface area contributed by atoms with Crippen LogP contribution in [-0.4, -0.2) is 25.2 Å². The molecule has 0 amide bonds. The van der Waals surface area contributed by atoms with Gasteiger partial charge in [0.1, 0.15) is 0 Å². The van der Waals surface area contributed by atoms with E-state index in [-0.39, 0.29) is 0 Å². The maximum atomic E-state index is 12.1. The van der Waals surface area contributed by atoms with E-state index in [1.807, 2.05) is 6.08 Å². The van der Waals surface area contributed by atoms with Gasteiger partial charge in [0, 0.05) is 6.42 Å². The van der Waals surface area contributed by atoms with Gasteiger partial charge in [0.2, 0.25) is 0 Å². The Morgan fingerprint density at radius 1 is 1.09 bits per heavy atom. The molecule has 122 valence electrons. The predicted molar refractivity (Wildman–Crippen MR) is 86.3 cm³/mol. The Balaban J connectivity index is 2.85. The highest BCUT2D eigenvalue weighted by Gasteiger charge is 2.26. The fourth-order valence-corrected chi connectivity index (χ4v) is 2.35. The van der Waals surface area contributed by atoms with Crippen LogP contribution >= 0.6 is 0 Å². The zero-order chi connectivity index (χ0) is 16.5. The normalized spacial score (nSPS) is 14.3. The van der Waals surface area contributed by atoms with E-state index < -0.39 is 11.9 Å². The van der Waals surface area contributed by atoms with Crippen molar-refractivity contribution < 1.29 is 19.1 Å². The molecular formula is C18H26O4. The Labute approximate surface area is 132 Å². The molecule has 1 aliphatic carbocycles. The van der Waals surface area contributed by atoms with E-state index in [0.29, 0.717) is 37.2 Å². The van der Waals surface area contributed by atoms with Gasteiger partial charge >= 0.3 is 11.9 Å². The molecule has 0 aromatic heterocycles. The van der Waals surface area contributed by atoms with E-state index in [9.17, 15) is 9.59 Å². The molecule has 0 bridgehead atoms. The summed E-state index contributed by atoms with van der Waals surface area (Å²) in [6.45, 7) is 8.25. The fraction of sp³-hybridized carbons (Fsp3) is 0.556. The maximum Gasteiger partial charge on any atom is 0.334 e. The Bertz CT molecular complexity index is 505. The third kappa shape index (κ3) is 5.51. The summed E-state index contributed by atoms with van der Waals surface area (Å²) in [5, 5.41) is 0. The average molecular weight is 306 g/mol. The van der Waals surface area contributed by atoms with Gasteiger partial charge in [-0.2, -0.15) is 0 Å². The van der Waals surface area contributed by atoms with Crippen LogP contribution in [0.15, 0.2) is 34.4 Å². The summed E-state index contributed by atoms with van der Waals surface area (Å²) in [6.07, 6.45) is 6.97. The topological polar surface area (TPSA) is 52.6 Å². The first-order valence-corrected chi connectivity index (χ1v) is 7.87. The first kappa shape index (κ1) is 18.2. The smallest absolute Gasteiger partial charge is 0.334 e. The largest absolute Gasteiger partial charge is 0.463 e. The molecule has 0 heterocycles. The third-order valence-electron chi connectivity index (χ3n) is 3.42. The summed E-state index contributed by atoms with van der Waals surface area (Å²) >= 11 is 0. The second-order valence-corrected chi connectivity index (χ2v) is 5.46. The van der Waals surface area contributed by atoms with Crippen molar-refractivity contribution in [2.24, 2.45) is 0 Å². The highest BCUT2D eigenvalue weighted by Crippen LogP contribution is 2.29. The van der Waals surface area contributed by atoms with Crippen LogP contribution in [0.2, 0.25) is 0 Å². The number of carbonyl (C=O) groups is 2. The highest BCUT2D eigenvalue weighted by atomic mass is 16.5. The van der Waals surface area contributed by atoms with E-state index in [4.69, 9.17) is 9.47 Å². The van der Waals surface area contributed by atoms with Crippen LogP contribution in [0.5, 0.6) is 0 Å². The van der Waals surface area contributed by atoms with Gasteiger partial charge in [-0.15, -0.1) is 0 Å². The maximum absolute atomic E-state index is 12.1. The standard InChI is InChI=1S/C18H26O4/c1-5-21-17(19)15-11-10-14(9-7-8-13(3)4)12-16(15)18(20)22-6-2/h8,10H,5-7,9,11-12H2,1-4H3. The van der Waals surface area contributed by atoms with Gasteiger partial charge in [0.25, 0.3) is 0 Å². The number of rotatable bonds is 7. The summed E-state index contributed by atoms with van der Waals surface area (Å²) in [5.74, 6) is -0.816. The molecule has 0 aromatic carbocycles. The Morgan fingerprint density at radius 2 is 1.68 bits per heavy atom. The molecule has 0 saturated carbocycles. The lowest BCUT2D eigenvalue weighted by Gasteiger charge is -2.19. The predicted octanol–water partition coefficient (Wildman–Crippen LogP) is 3.88. The number of allylic oxidation sites excluding steroid dienone is 4. The molecule has 22 heavy (non-hydrogen) atoms. The number of hydrogen-bond acceptors (Lipinski definition) is 4. The van der Waals surface area contributed by atoms with Gasteiger partial charge in [-0.25, -0.2) is 9.59 Å². The monoisotopic (exact) mass is 306 g/mol. The van der Waals surface area contributed by atoms with Gasteiger partial charge in [0.15, 0.2) is 0 Å². The van der Waals surface area contributed by atoms with Crippen LogP contribution < -0.4 is 0 Å². The molecule has 0 aliphatic heterocycles. The van der Waals surface area contributed by atoms with Crippen LogP contribution in [0.3, 0.4) is 0 Å². The molecule has 0 unspecified atom stereocenters. The van der Waals surface area contributed by atoms with E-state index in [1.54, 1.807) is 13.8 Å². The molecule has 1 aliphatic rings. The molecule has 0 atom stereocenters. The summed E-state index contributed by atoms with van der Waals surface area (Å²) in [7, 11) is 0. The molecule has 0 aromatic rings. The van der Waals surface area contributed by atoms with Crippen molar-refractivity contribution in [3.05, 3.63) is 34.4 Å². The van der Waals surface area contributed by atoms with Crippen molar-refractivity contribution in [2.75, 3.05) is 13.2 Å². The Kier molecular flexibility index (Phi) is 7.64. The van der Waals surface area contributed by atoms with Gasteiger partial charge in [-0.05, 0) is 47.0 Å². The summed E-state index contributed by atoms with van der Waals surface area (Å²) < 4.78 is 10.1. The molecule has 4 heteroatoms.